The number of carboxylic acids is 1. The van der Waals surface area contributed by atoms with Gasteiger partial charge in [0.2, 0.25) is 0 Å². The molecule has 0 fully saturated rings. The highest BCUT2D eigenvalue weighted by Crippen LogP contribution is 2.30. The summed E-state index contributed by atoms with van der Waals surface area (Å²) in [4.78, 5) is 12.1. The predicted molar refractivity (Wildman–Crippen MR) is 58.9 cm³/mol. The van der Waals surface area contributed by atoms with E-state index in [4.69, 9.17) is 5.11 Å². The standard InChI is InChI=1S/C11H16O2S/c1-7(2)6-9(11(12)13)10-8(3)4-5-14-10/h4-5,7,9H,6H2,1-3H3,(H,12,13). The average molecular weight is 212 g/mol. The van der Waals surface area contributed by atoms with E-state index >= 15 is 0 Å². The molecule has 78 valence electrons. The molecule has 0 bridgehead atoms. The van der Waals surface area contributed by atoms with Gasteiger partial charge in [0, 0.05) is 4.88 Å². The van der Waals surface area contributed by atoms with Crippen LogP contribution in [0.5, 0.6) is 0 Å². The van der Waals surface area contributed by atoms with E-state index in [1.165, 1.54) is 0 Å². The summed E-state index contributed by atoms with van der Waals surface area (Å²) < 4.78 is 0. The Labute approximate surface area is 88.6 Å². The molecule has 0 aliphatic carbocycles. The first-order valence-corrected chi connectivity index (χ1v) is 5.67. The number of hydrogen-bond donors (Lipinski definition) is 1. The van der Waals surface area contributed by atoms with Gasteiger partial charge in [0.1, 0.15) is 0 Å². The smallest absolute Gasteiger partial charge is 0.311 e. The first-order chi connectivity index (χ1) is 6.52. The molecule has 0 radical (unpaired) electrons. The van der Waals surface area contributed by atoms with Crippen LogP contribution in [0.15, 0.2) is 11.4 Å². The van der Waals surface area contributed by atoms with Gasteiger partial charge in [0.15, 0.2) is 0 Å². The van der Waals surface area contributed by atoms with Crippen LogP contribution in [-0.2, 0) is 4.79 Å². The third kappa shape index (κ3) is 2.58. The van der Waals surface area contributed by atoms with Crippen molar-refractivity contribution in [3.8, 4) is 0 Å². The quantitative estimate of drug-likeness (QED) is 0.831. The molecule has 1 aromatic heterocycles. The lowest BCUT2D eigenvalue weighted by atomic mass is 9.94. The van der Waals surface area contributed by atoms with E-state index in [1.807, 2.05) is 18.4 Å². The third-order valence-corrected chi connectivity index (χ3v) is 3.36. The molecule has 14 heavy (non-hydrogen) atoms. The number of aryl methyl sites for hydroxylation is 1. The van der Waals surface area contributed by atoms with Gasteiger partial charge in [0.05, 0.1) is 5.92 Å². The summed E-state index contributed by atoms with van der Waals surface area (Å²) in [5.74, 6) is -0.614. The number of carbonyl (C=O) groups is 1. The topological polar surface area (TPSA) is 37.3 Å². The highest BCUT2D eigenvalue weighted by atomic mass is 32.1. The van der Waals surface area contributed by atoms with Crippen LogP contribution >= 0.6 is 11.3 Å². The first-order valence-electron chi connectivity index (χ1n) is 4.79. The molecular formula is C11H16O2S. The summed E-state index contributed by atoms with van der Waals surface area (Å²) in [6, 6.07) is 1.98. The fourth-order valence-corrected chi connectivity index (χ4v) is 2.57. The van der Waals surface area contributed by atoms with E-state index in [1.54, 1.807) is 11.3 Å². The van der Waals surface area contributed by atoms with Gasteiger partial charge < -0.3 is 5.11 Å². The van der Waals surface area contributed by atoms with E-state index < -0.39 is 5.97 Å². The second-order valence-corrected chi connectivity index (χ2v) is 4.94. The molecule has 0 saturated heterocycles. The van der Waals surface area contributed by atoms with Crippen LogP contribution in [0.2, 0.25) is 0 Å². The van der Waals surface area contributed by atoms with Gasteiger partial charge in [-0.15, -0.1) is 11.3 Å². The normalized spacial score (nSPS) is 13.1. The maximum atomic E-state index is 11.1. The second-order valence-electron chi connectivity index (χ2n) is 3.99. The van der Waals surface area contributed by atoms with E-state index in [9.17, 15) is 4.79 Å². The van der Waals surface area contributed by atoms with Crippen molar-refractivity contribution in [1.29, 1.82) is 0 Å². The summed E-state index contributed by atoms with van der Waals surface area (Å²) >= 11 is 1.55. The zero-order valence-corrected chi connectivity index (χ0v) is 9.60. The van der Waals surface area contributed by atoms with Crippen molar-refractivity contribution in [3.05, 3.63) is 21.9 Å². The van der Waals surface area contributed by atoms with E-state index in [-0.39, 0.29) is 5.92 Å². The summed E-state index contributed by atoms with van der Waals surface area (Å²) in [5.41, 5.74) is 1.10. The Balaban J connectivity index is 2.89. The molecule has 0 aliphatic heterocycles. The molecule has 1 heterocycles. The Bertz CT molecular complexity index is 315. The molecule has 0 aliphatic rings. The van der Waals surface area contributed by atoms with Crippen LogP contribution in [-0.4, -0.2) is 11.1 Å². The van der Waals surface area contributed by atoms with Crippen LogP contribution in [0, 0.1) is 12.8 Å². The molecule has 1 atom stereocenters. The van der Waals surface area contributed by atoms with Crippen molar-refractivity contribution in [2.24, 2.45) is 5.92 Å². The zero-order chi connectivity index (χ0) is 10.7. The Morgan fingerprint density at radius 1 is 1.57 bits per heavy atom. The number of aliphatic carboxylic acids is 1. The largest absolute Gasteiger partial charge is 0.481 e. The Morgan fingerprint density at radius 3 is 2.57 bits per heavy atom. The lowest BCUT2D eigenvalue weighted by molar-refractivity contribution is -0.139. The molecule has 3 heteroatoms. The van der Waals surface area contributed by atoms with E-state index in [0.717, 1.165) is 16.9 Å². The monoisotopic (exact) mass is 212 g/mol. The van der Waals surface area contributed by atoms with Crippen LogP contribution in [0.1, 0.15) is 36.6 Å². The molecule has 0 saturated carbocycles. The van der Waals surface area contributed by atoms with Gasteiger partial charge in [-0.05, 0) is 36.3 Å². The average Bonchev–Trinajstić information content (AvgIpc) is 2.46. The van der Waals surface area contributed by atoms with Gasteiger partial charge in [0.25, 0.3) is 0 Å². The fourth-order valence-electron chi connectivity index (χ4n) is 1.53. The molecule has 2 nitrogen and oxygen atoms in total. The summed E-state index contributed by atoms with van der Waals surface area (Å²) in [5, 5.41) is 11.1. The minimum Gasteiger partial charge on any atom is -0.481 e. The van der Waals surface area contributed by atoms with Crippen LogP contribution in [0.4, 0.5) is 0 Å². The Hall–Kier alpha value is -0.830. The van der Waals surface area contributed by atoms with Crippen molar-refractivity contribution >= 4 is 17.3 Å². The van der Waals surface area contributed by atoms with Crippen molar-refractivity contribution < 1.29 is 9.90 Å². The van der Waals surface area contributed by atoms with Crippen molar-refractivity contribution in [3.63, 3.8) is 0 Å². The molecule has 1 unspecified atom stereocenters. The molecule has 1 N–H and O–H groups in total. The number of hydrogen-bond acceptors (Lipinski definition) is 2. The van der Waals surface area contributed by atoms with Gasteiger partial charge in [-0.2, -0.15) is 0 Å². The number of thiophene rings is 1. The summed E-state index contributed by atoms with van der Waals surface area (Å²) in [6.45, 7) is 6.08. The second kappa shape index (κ2) is 4.60. The molecule has 1 aromatic rings. The minimum atomic E-state index is -0.704. The Kier molecular flexibility index (Phi) is 3.69. The SMILES string of the molecule is Cc1ccsc1C(CC(C)C)C(=O)O. The maximum Gasteiger partial charge on any atom is 0.311 e. The number of carboxylic acid groups (broad SMARTS) is 1. The van der Waals surface area contributed by atoms with Crippen molar-refractivity contribution in [1.82, 2.24) is 0 Å². The van der Waals surface area contributed by atoms with Gasteiger partial charge in [-0.1, -0.05) is 13.8 Å². The maximum absolute atomic E-state index is 11.1. The summed E-state index contributed by atoms with van der Waals surface area (Å²) in [6.07, 6.45) is 0.719. The van der Waals surface area contributed by atoms with Crippen LogP contribution < -0.4 is 0 Å². The minimum absolute atomic E-state index is 0.324. The van der Waals surface area contributed by atoms with Gasteiger partial charge >= 0.3 is 5.97 Å². The van der Waals surface area contributed by atoms with E-state index in [2.05, 4.69) is 13.8 Å². The fraction of sp³-hybridized carbons (Fsp3) is 0.545. The van der Waals surface area contributed by atoms with Crippen molar-refractivity contribution in [2.45, 2.75) is 33.1 Å². The molecule has 0 spiro atoms. The van der Waals surface area contributed by atoms with Crippen LogP contribution in [0.3, 0.4) is 0 Å². The van der Waals surface area contributed by atoms with Crippen LogP contribution in [0.25, 0.3) is 0 Å². The molecule has 0 aromatic carbocycles. The third-order valence-electron chi connectivity index (χ3n) is 2.22. The zero-order valence-electron chi connectivity index (χ0n) is 8.78. The predicted octanol–water partition coefficient (Wildman–Crippen LogP) is 3.27. The van der Waals surface area contributed by atoms with E-state index in [0.29, 0.717) is 5.92 Å². The van der Waals surface area contributed by atoms with Gasteiger partial charge in [-0.25, -0.2) is 0 Å². The highest BCUT2D eigenvalue weighted by molar-refractivity contribution is 7.10. The number of rotatable bonds is 4. The summed E-state index contributed by atoms with van der Waals surface area (Å²) in [7, 11) is 0. The molecule has 0 amide bonds. The Morgan fingerprint density at radius 2 is 2.21 bits per heavy atom. The lowest BCUT2D eigenvalue weighted by Gasteiger charge is -2.13. The van der Waals surface area contributed by atoms with Crippen molar-refractivity contribution in [2.75, 3.05) is 0 Å². The van der Waals surface area contributed by atoms with Gasteiger partial charge in [-0.3, -0.25) is 4.79 Å². The lowest BCUT2D eigenvalue weighted by Crippen LogP contribution is -2.13. The molecular weight excluding hydrogens is 196 g/mol. The molecule has 1 rings (SSSR count). The first kappa shape index (κ1) is 11.2. The highest BCUT2D eigenvalue weighted by Gasteiger charge is 2.23.